The molecule has 1 heterocycles. The molecule has 0 spiro atoms. The Labute approximate surface area is 154 Å². The van der Waals surface area contributed by atoms with Crippen LogP contribution in [0.15, 0.2) is 59.0 Å². The van der Waals surface area contributed by atoms with Crippen LogP contribution in [-0.2, 0) is 11.2 Å². The van der Waals surface area contributed by atoms with Crippen LogP contribution in [0, 0.1) is 17.0 Å². The number of aryl methyl sites for hydroxylation is 1. The molecule has 0 aliphatic carbocycles. The number of carbonyl (C=O) groups excluding carboxylic acids is 1. The van der Waals surface area contributed by atoms with Crippen LogP contribution in [-0.4, -0.2) is 21.0 Å². The molecule has 3 aromatic rings. The van der Waals surface area contributed by atoms with Crippen LogP contribution in [0.2, 0.25) is 0 Å². The van der Waals surface area contributed by atoms with Gasteiger partial charge in [-0.05, 0) is 36.3 Å². The minimum Gasteiger partial charge on any atom is -0.407 e. The van der Waals surface area contributed by atoms with Gasteiger partial charge in [-0.3, -0.25) is 20.2 Å². The summed E-state index contributed by atoms with van der Waals surface area (Å²) in [5.74, 6) is -0.0487. The maximum absolute atomic E-state index is 11.9. The largest absolute Gasteiger partial charge is 0.407 e. The molecule has 2 aromatic carbocycles. The van der Waals surface area contributed by atoms with Crippen LogP contribution < -0.4 is 5.32 Å². The Kier molecular flexibility index (Phi) is 5.36. The van der Waals surface area contributed by atoms with Gasteiger partial charge < -0.3 is 4.42 Å². The second kappa shape index (κ2) is 8.05. The summed E-state index contributed by atoms with van der Waals surface area (Å²) in [5.41, 5.74) is 2.84. The Bertz CT molecular complexity index is 976. The van der Waals surface area contributed by atoms with E-state index >= 15 is 0 Å². The van der Waals surface area contributed by atoms with E-state index in [1.54, 1.807) is 12.1 Å². The van der Waals surface area contributed by atoms with E-state index in [1.165, 1.54) is 24.3 Å². The third-order valence-corrected chi connectivity index (χ3v) is 3.70. The van der Waals surface area contributed by atoms with Crippen molar-refractivity contribution in [2.24, 2.45) is 0 Å². The number of nitro groups is 1. The Morgan fingerprint density at radius 1 is 1.15 bits per heavy atom. The zero-order valence-corrected chi connectivity index (χ0v) is 14.5. The first-order valence-electron chi connectivity index (χ1n) is 8.11. The molecule has 0 bridgehead atoms. The first kappa shape index (κ1) is 18.0. The van der Waals surface area contributed by atoms with E-state index < -0.39 is 10.8 Å². The summed E-state index contributed by atoms with van der Waals surface area (Å²) < 4.78 is 5.42. The molecular formula is C19H16N4O4. The van der Waals surface area contributed by atoms with E-state index in [0.717, 1.165) is 11.1 Å². The molecule has 1 N–H and O–H groups in total. The van der Waals surface area contributed by atoms with E-state index in [4.69, 9.17) is 4.42 Å². The third-order valence-electron chi connectivity index (χ3n) is 3.70. The topological polar surface area (TPSA) is 111 Å². The van der Waals surface area contributed by atoms with E-state index in [2.05, 4.69) is 15.5 Å². The predicted molar refractivity (Wildman–Crippen MR) is 99.0 cm³/mol. The summed E-state index contributed by atoms with van der Waals surface area (Å²) in [6.45, 7) is 2.01. The summed E-state index contributed by atoms with van der Waals surface area (Å²) in [5, 5.41) is 20.8. The lowest BCUT2D eigenvalue weighted by atomic mass is 10.1. The summed E-state index contributed by atoms with van der Waals surface area (Å²) in [7, 11) is 0. The number of anilines is 1. The van der Waals surface area contributed by atoms with Gasteiger partial charge in [0, 0.05) is 18.2 Å². The third kappa shape index (κ3) is 5.08. The highest BCUT2D eigenvalue weighted by atomic mass is 16.6. The Balaban J connectivity index is 1.57. The van der Waals surface area contributed by atoms with Crippen molar-refractivity contribution < 1.29 is 14.1 Å². The standard InChI is InChI=1S/C19H16N4O4/c1-13-2-4-15(5-3-13)12-18-21-22-19(27-18)20-17(24)11-8-14-6-9-16(10-7-14)23(25)26/h2-11H,12H2,1H3,(H,20,22,24). The van der Waals surface area contributed by atoms with Gasteiger partial charge in [0.25, 0.3) is 11.6 Å². The number of hydrogen-bond acceptors (Lipinski definition) is 6. The maximum atomic E-state index is 11.9. The Morgan fingerprint density at radius 3 is 2.52 bits per heavy atom. The minimum absolute atomic E-state index is 0.00969. The predicted octanol–water partition coefficient (Wildman–Crippen LogP) is 3.53. The van der Waals surface area contributed by atoms with E-state index in [9.17, 15) is 14.9 Å². The molecule has 0 radical (unpaired) electrons. The maximum Gasteiger partial charge on any atom is 0.322 e. The van der Waals surface area contributed by atoms with Crippen molar-refractivity contribution in [1.82, 2.24) is 10.2 Å². The fourth-order valence-electron chi connectivity index (χ4n) is 2.28. The van der Waals surface area contributed by atoms with Gasteiger partial charge in [0.2, 0.25) is 5.89 Å². The zero-order valence-electron chi connectivity index (χ0n) is 14.5. The lowest BCUT2D eigenvalue weighted by molar-refractivity contribution is -0.384. The van der Waals surface area contributed by atoms with E-state index in [0.29, 0.717) is 17.9 Å². The summed E-state index contributed by atoms with van der Waals surface area (Å²) in [6, 6.07) is 13.8. The van der Waals surface area contributed by atoms with E-state index in [-0.39, 0.29) is 11.7 Å². The smallest absolute Gasteiger partial charge is 0.322 e. The van der Waals surface area contributed by atoms with Crippen molar-refractivity contribution in [2.75, 3.05) is 5.32 Å². The molecule has 136 valence electrons. The quantitative estimate of drug-likeness (QED) is 0.407. The molecule has 0 unspecified atom stereocenters. The highest BCUT2D eigenvalue weighted by Gasteiger charge is 2.09. The molecule has 0 atom stereocenters. The lowest BCUT2D eigenvalue weighted by Crippen LogP contribution is -2.07. The van der Waals surface area contributed by atoms with Crippen molar-refractivity contribution in [1.29, 1.82) is 0 Å². The molecule has 0 aliphatic heterocycles. The molecule has 8 nitrogen and oxygen atoms in total. The lowest BCUT2D eigenvalue weighted by Gasteiger charge is -1.98. The number of nitro benzene ring substituents is 1. The van der Waals surface area contributed by atoms with Crippen molar-refractivity contribution in [3.8, 4) is 0 Å². The summed E-state index contributed by atoms with van der Waals surface area (Å²) >= 11 is 0. The monoisotopic (exact) mass is 364 g/mol. The van der Waals surface area contributed by atoms with Gasteiger partial charge in [-0.25, -0.2) is 0 Å². The number of amides is 1. The highest BCUT2D eigenvalue weighted by Crippen LogP contribution is 2.14. The average molecular weight is 364 g/mol. The second-order valence-electron chi connectivity index (χ2n) is 5.83. The molecule has 0 saturated heterocycles. The molecule has 3 rings (SSSR count). The number of rotatable bonds is 6. The van der Waals surface area contributed by atoms with Crippen LogP contribution in [0.1, 0.15) is 22.6 Å². The van der Waals surface area contributed by atoms with Crippen molar-refractivity contribution in [2.45, 2.75) is 13.3 Å². The van der Waals surface area contributed by atoms with E-state index in [1.807, 2.05) is 31.2 Å². The number of nitrogens with zero attached hydrogens (tertiary/aromatic N) is 3. The molecule has 1 aromatic heterocycles. The first-order valence-corrected chi connectivity index (χ1v) is 8.11. The SMILES string of the molecule is Cc1ccc(Cc2nnc(NC(=O)C=Cc3ccc([N+](=O)[O-])cc3)o2)cc1. The fraction of sp³-hybridized carbons (Fsp3) is 0.105. The first-order chi connectivity index (χ1) is 13.0. The average Bonchev–Trinajstić information content (AvgIpc) is 3.09. The van der Waals surface area contributed by atoms with Gasteiger partial charge in [-0.15, -0.1) is 5.10 Å². The number of carbonyl (C=O) groups is 1. The number of non-ortho nitro benzene ring substituents is 1. The van der Waals surface area contributed by atoms with Crippen LogP contribution in [0.3, 0.4) is 0 Å². The zero-order chi connectivity index (χ0) is 19.2. The molecule has 1 amide bonds. The number of benzene rings is 2. The molecule has 0 fully saturated rings. The van der Waals surface area contributed by atoms with Gasteiger partial charge in [-0.2, -0.15) is 0 Å². The number of aromatic nitrogens is 2. The molecule has 0 aliphatic rings. The van der Waals surface area contributed by atoms with Gasteiger partial charge >= 0.3 is 6.01 Å². The van der Waals surface area contributed by atoms with Crippen molar-refractivity contribution in [3.63, 3.8) is 0 Å². The Hall–Kier alpha value is -3.81. The Morgan fingerprint density at radius 2 is 1.85 bits per heavy atom. The summed E-state index contributed by atoms with van der Waals surface area (Å²) in [4.78, 5) is 22.1. The fourth-order valence-corrected chi connectivity index (χ4v) is 2.28. The number of nitrogens with one attached hydrogen (secondary N) is 1. The van der Waals surface area contributed by atoms with Crippen LogP contribution in [0.4, 0.5) is 11.7 Å². The number of hydrogen-bond donors (Lipinski definition) is 1. The molecule has 27 heavy (non-hydrogen) atoms. The van der Waals surface area contributed by atoms with Gasteiger partial charge in [0.15, 0.2) is 0 Å². The van der Waals surface area contributed by atoms with Crippen molar-refractivity contribution >= 4 is 23.7 Å². The normalized spacial score (nSPS) is 10.9. The highest BCUT2D eigenvalue weighted by molar-refractivity contribution is 6.00. The van der Waals surface area contributed by atoms with Gasteiger partial charge in [0.05, 0.1) is 11.3 Å². The van der Waals surface area contributed by atoms with Gasteiger partial charge in [-0.1, -0.05) is 34.9 Å². The van der Waals surface area contributed by atoms with Crippen LogP contribution in [0.25, 0.3) is 6.08 Å². The molecule has 8 heteroatoms. The second-order valence-corrected chi connectivity index (χ2v) is 5.83. The molecular weight excluding hydrogens is 348 g/mol. The van der Waals surface area contributed by atoms with Gasteiger partial charge in [0.1, 0.15) is 0 Å². The summed E-state index contributed by atoms with van der Waals surface area (Å²) in [6.07, 6.45) is 3.29. The van der Waals surface area contributed by atoms with Crippen LogP contribution >= 0.6 is 0 Å². The minimum atomic E-state index is -0.482. The molecule has 0 saturated carbocycles. The van der Waals surface area contributed by atoms with Crippen molar-refractivity contribution in [3.05, 3.63) is 87.3 Å². The van der Waals surface area contributed by atoms with Crippen LogP contribution in [0.5, 0.6) is 0 Å².